The second-order valence-electron chi connectivity index (χ2n) is 5.77. The van der Waals surface area contributed by atoms with Crippen LogP contribution in [0.4, 0.5) is 16.2 Å². The SMILES string of the molecule is O=C1NC(=O)[C@]2(CCC[C@H]2CNc2ccc(Cl)cc2[N+](=O)[O-])N1. The lowest BCUT2D eigenvalue weighted by Gasteiger charge is -2.28. The standard InChI is InChI=1S/C14H15ClN4O4/c15-9-3-4-10(11(6-9)19(22)23)16-7-8-2-1-5-14(8)12(20)17-13(21)18-14/h3-4,6,8,16H,1-2,5,7H2,(H2,17,18,20,21)/t8-,14+/m0/s1. The lowest BCUT2D eigenvalue weighted by molar-refractivity contribution is -0.383. The molecule has 3 amide bonds. The van der Waals surface area contributed by atoms with Crippen LogP contribution in [0.2, 0.25) is 5.02 Å². The Morgan fingerprint density at radius 1 is 1.43 bits per heavy atom. The monoisotopic (exact) mass is 338 g/mol. The minimum Gasteiger partial charge on any atom is -0.379 e. The van der Waals surface area contributed by atoms with Crippen LogP contribution in [0.5, 0.6) is 0 Å². The Balaban J connectivity index is 1.77. The maximum atomic E-state index is 12.1. The van der Waals surface area contributed by atoms with Crippen molar-refractivity contribution in [1.29, 1.82) is 0 Å². The highest BCUT2D eigenvalue weighted by atomic mass is 35.5. The first-order valence-electron chi connectivity index (χ1n) is 7.24. The number of anilines is 1. The fraction of sp³-hybridized carbons (Fsp3) is 0.429. The summed E-state index contributed by atoms with van der Waals surface area (Å²) in [7, 11) is 0. The molecule has 1 aromatic carbocycles. The number of nitrogens with one attached hydrogen (secondary N) is 3. The Morgan fingerprint density at radius 3 is 2.87 bits per heavy atom. The van der Waals surface area contributed by atoms with E-state index in [1.807, 2.05) is 0 Å². The minimum absolute atomic E-state index is 0.121. The van der Waals surface area contributed by atoms with Crippen LogP contribution in [0.15, 0.2) is 18.2 Å². The molecule has 0 radical (unpaired) electrons. The number of rotatable bonds is 4. The quantitative estimate of drug-likeness (QED) is 0.441. The van der Waals surface area contributed by atoms with E-state index < -0.39 is 16.5 Å². The van der Waals surface area contributed by atoms with Gasteiger partial charge in [-0.1, -0.05) is 18.0 Å². The predicted octanol–water partition coefficient (Wildman–Crippen LogP) is 2.04. The molecule has 0 unspecified atom stereocenters. The molecule has 1 aliphatic carbocycles. The Bertz CT molecular complexity index is 695. The van der Waals surface area contributed by atoms with Crippen molar-refractivity contribution >= 4 is 34.9 Å². The molecule has 0 aromatic heterocycles. The number of amides is 3. The average molecular weight is 339 g/mol. The van der Waals surface area contributed by atoms with Gasteiger partial charge in [-0.25, -0.2) is 4.79 Å². The van der Waals surface area contributed by atoms with Gasteiger partial charge in [-0.15, -0.1) is 0 Å². The van der Waals surface area contributed by atoms with Crippen LogP contribution in [0, 0.1) is 16.0 Å². The topological polar surface area (TPSA) is 113 Å². The molecular formula is C14H15ClN4O4. The summed E-state index contributed by atoms with van der Waals surface area (Å²) in [5.41, 5.74) is -0.693. The van der Waals surface area contributed by atoms with Gasteiger partial charge in [0, 0.05) is 23.6 Å². The minimum atomic E-state index is -0.911. The van der Waals surface area contributed by atoms with Crippen molar-refractivity contribution in [3.63, 3.8) is 0 Å². The number of nitro groups is 1. The van der Waals surface area contributed by atoms with Gasteiger partial charge >= 0.3 is 6.03 Å². The zero-order valence-electron chi connectivity index (χ0n) is 12.1. The van der Waals surface area contributed by atoms with Crippen molar-refractivity contribution in [1.82, 2.24) is 10.6 Å². The summed E-state index contributed by atoms with van der Waals surface area (Å²) in [5, 5.41) is 19.4. The fourth-order valence-corrected chi connectivity index (χ4v) is 3.53. The van der Waals surface area contributed by atoms with Gasteiger partial charge in [0.15, 0.2) is 0 Å². The van der Waals surface area contributed by atoms with E-state index in [2.05, 4.69) is 16.0 Å². The molecular weight excluding hydrogens is 324 g/mol. The van der Waals surface area contributed by atoms with Gasteiger partial charge in [0.2, 0.25) is 0 Å². The van der Waals surface area contributed by atoms with Crippen LogP contribution in [-0.4, -0.2) is 28.9 Å². The molecule has 23 heavy (non-hydrogen) atoms. The number of nitro benzene ring substituents is 1. The number of halogens is 1. The molecule has 1 spiro atoms. The normalized spacial score (nSPS) is 26.2. The molecule has 122 valence electrons. The maximum absolute atomic E-state index is 12.1. The van der Waals surface area contributed by atoms with Crippen LogP contribution in [0.3, 0.4) is 0 Å². The van der Waals surface area contributed by atoms with Crippen molar-refractivity contribution < 1.29 is 14.5 Å². The van der Waals surface area contributed by atoms with Crippen molar-refractivity contribution in [2.45, 2.75) is 24.8 Å². The Labute approximate surface area is 136 Å². The predicted molar refractivity (Wildman–Crippen MR) is 83.3 cm³/mol. The number of benzene rings is 1. The molecule has 8 nitrogen and oxygen atoms in total. The maximum Gasteiger partial charge on any atom is 0.322 e. The van der Waals surface area contributed by atoms with Gasteiger partial charge in [-0.3, -0.25) is 20.2 Å². The molecule has 2 fully saturated rings. The molecule has 1 aromatic rings. The number of carbonyl (C=O) groups is 2. The lowest BCUT2D eigenvalue weighted by Crippen LogP contribution is -2.51. The summed E-state index contributed by atoms with van der Waals surface area (Å²) in [5.74, 6) is -0.457. The molecule has 1 saturated heterocycles. The first-order valence-corrected chi connectivity index (χ1v) is 7.61. The number of imide groups is 1. The van der Waals surface area contributed by atoms with E-state index in [1.165, 1.54) is 12.1 Å². The smallest absolute Gasteiger partial charge is 0.322 e. The molecule has 2 aliphatic rings. The zero-order chi connectivity index (χ0) is 16.6. The molecule has 1 heterocycles. The van der Waals surface area contributed by atoms with Gasteiger partial charge < -0.3 is 10.6 Å². The lowest BCUT2D eigenvalue weighted by atomic mass is 9.87. The van der Waals surface area contributed by atoms with Gasteiger partial charge in [0.1, 0.15) is 11.2 Å². The number of carbonyl (C=O) groups excluding carboxylic acids is 2. The third-order valence-electron chi connectivity index (χ3n) is 4.48. The van der Waals surface area contributed by atoms with Crippen molar-refractivity contribution in [2.24, 2.45) is 5.92 Å². The van der Waals surface area contributed by atoms with E-state index in [0.717, 1.165) is 12.8 Å². The molecule has 3 rings (SSSR count). The van der Waals surface area contributed by atoms with E-state index in [0.29, 0.717) is 18.7 Å². The second-order valence-corrected chi connectivity index (χ2v) is 6.20. The molecule has 0 bridgehead atoms. The highest BCUT2D eigenvalue weighted by molar-refractivity contribution is 6.30. The number of hydrogen-bond donors (Lipinski definition) is 3. The zero-order valence-corrected chi connectivity index (χ0v) is 12.9. The van der Waals surface area contributed by atoms with E-state index in [1.54, 1.807) is 6.07 Å². The van der Waals surface area contributed by atoms with Crippen LogP contribution in [0.25, 0.3) is 0 Å². The van der Waals surface area contributed by atoms with E-state index in [-0.39, 0.29) is 22.5 Å². The van der Waals surface area contributed by atoms with E-state index in [4.69, 9.17) is 11.6 Å². The van der Waals surface area contributed by atoms with Crippen molar-refractivity contribution in [3.8, 4) is 0 Å². The van der Waals surface area contributed by atoms with Crippen LogP contribution in [-0.2, 0) is 4.79 Å². The Kier molecular flexibility index (Phi) is 3.85. The van der Waals surface area contributed by atoms with Crippen molar-refractivity contribution in [2.75, 3.05) is 11.9 Å². The number of urea groups is 1. The van der Waals surface area contributed by atoms with E-state index >= 15 is 0 Å². The van der Waals surface area contributed by atoms with Crippen LogP contribution < -0.4 is 16.0 Å². The highest BCUT2D eigenvalue weighted by Gasteiger charge is 2.54. The summed E-state index contributed by atoms with van der Waals surface area (Å²) >= 11 is 5.79. The van der Waals surface area contributed by atoms with Gasteiger partial charge in [-0.2, -0.15) is 0 Å². The van der Waals surface area contributed by atoms with Gasteiger partial charge in [0.25, 0.3) is 11.6 Å². The summed E-state index contributed by atoms with van der Waals surface area (Å²) in [6.07, 6.45) is 2.13. The molecule has 2 atom stereocenters. The van der Waals surface area contributed by atoms with Crippen LogP contribution in [0.1, 0.15) is 19.3 Å². The second kappa shape index (κ2) is 5.69. The van der Waals surface area contributed by atoms with Crippen molar-refractivity contribution in [3.05, 3.63) is 33.3 Å². The molecule has 1 saturated carbocycles. The summed E-state index contributed by atoms with van der Waals surface area (Å²) < 4.78 is 0. The van der Waals surface area contributed by atoms with Gasteiger partial charge in [0.05, 0.1) is 4.92 Å². The van der Waals surface area contributed by atoms with Gasteiger partial charge in [-0.05, 0) is 25.0 Å². The molecule has 1 aliphatic heterocycles. The van der Waals surface area contributed by atoms with E-state index in [9.17, 15) is 19.7 Å². The Hall–Kier alpha value is -2.35. The van der Waals surface area contributed by atoms with Crippen LogP contribution >= 0.6 is 11.6 Å². The molecule has 9 heteroatoms. The number of nitrogens with zero attached hydrogens (tertiary/aromatic N) is 1. The Morgan fingerprint density at radius 2 is 2.22 bits per heavy atom. The first kappa shape index (κ1) is 15.5. The first-order chi connectivity index (χ1) is 10.9. The third-order valence-corrected chi connectivity index (χ3v) is 4.72. The highest BCUT2D eigenvalue weighted by Crippen LogP contribution is 2.38. The molecule has 3 N–H and O–H groups in total. The third kappa shape index (κ3) is 2.70. The summed E-state index contributed by atoms with van der Waals surface area (Å²) in [4.78, 5) is 34.1. The number of hydrogen-bond acceptors (Lipinski definition) is 5. The summed E-state index contributed by atoms with van der Waals surface area (Å²) in [6.45, 7) is 0.343. The fourth-order valence-electron chi connectivity index (χ4n) is 3.36. The summed E-state index contributed by atoms with van der Waals surface area (Å²) in [6, 6.07) is 3.89. The average Bonchev–Trinajstić information content (AvgIpc) is 3.01. The largest absolute Gasteiger partial charge is 0.379 e.